The van der Waals surface area contributed by atoms with E-state index in [1.165, 1.54) is 6.08 Å². The minimum absolute atomic E-state index is 0.558. The van der Waals surface area contributed by atoms with Gasteiger partial charge in [0.1, 0.15) is 11.8 Å². The molecule has 7 heteroatoms. The lowest BCUT2D eigenvalue weighted by atomic mass is 10.1. The van der Waals surface area contributed by atoms with E-state index in [2.05, 4.69) is 17.6 Å². The third-order valence-corrected chi connectivity index (χ3v) is 3.71. The van der Waals surface area contributed by atoms with Gasteiger partial charge in [0, 0.05) is 29.2 Å². The van der Waals surface area contributed by atoms with Crippen LogP contribution >= 0.6 is 11.6 Å². The molecule has 0 aliphatic carbocycles. The minimum Gasteiger partial charge on any atom is -0.394 e. The van der Waals surface area contributed by atoms with Gasteiger partial charge < -0.3 is 15.1 Å². The van der Waals surface area contributed by atoms with Crippen molar-refractivity contribution < 1.29 is 9.63 Å². The molecule has 0 saturated carbocycles. The van der Waals surface area contributed by atoms with Gasteiger partial charge in [0.05, 0.1) is 0 Å². The number of allylic oxidation sites excluding steroid dienone is 3. The van der Waals surface area contributed by atoms with Crippen molar-refractivity contribution in [3.05, 3.63) is 65.9 Å². The highest BCUT2D eigenvalue weighted by Crippen LogP contribution is 2.20. The molecule has 0 fully saturated rings. The Morgan fingerprint density at radius 1 is 1.40 bits per heavy atom. The highest BCUT2D eigenvalue weighted by Gasteiger charge is 2.17. The largest absolute Gasteiger partial charge is 0.394 e. The maximum absolute atomic E-state index is 11.7. The van der Waals surface area contributed by atoms with Crippen LogP contribution < -0.4 is 21.6 Å². The number of halogens is 1. The number of nitrogens with zero attached hydrogens (tertiary/aromatic N) is 1. The minimum atomic E-state index is -0.828. The number of aromatic nitrogens is 1. The van der Waals surface area contributed by atoms with Gasteiger partial charge in [-0.15, -0.1) is 0 Å². The summed E-state index contributed by atoms with van der Waals surface area (Å²) in [7, 11) is 1.97. The summed E-state index contributed by atoms with van der Waals surface area (Å²) in [6.07, 6.45) is 6.81. The quantitative estimate of drug-likeness (QED) is 0.499. The van der Waals surface area contributed by atoms with Crippen LogP contribution in [0, 0.1) is 0 Å². The van der Waals surface area contributed by atoms with Gasteiger partial charge in [0.25, 0.3) is 0 Å². The molecule has 0 spiro atoms. The first kappa shape index (κ1) is 18.8. The molecule has 1 atom stereocenters. The second-order valence-electron chi connectivity index (χ2n) is 5.46. The first-order valence-electron chi connectivity index (χ1n) is 7.60. The van der Waals surface area contributed by atoms with Gasteiger partial charge in [-0.05, 0) is 42.8 Å². The Hall–Kier alpha value is -2.54. The van der Waals surface area contributed by atoms with Crippen molar-refractivity contribution in [2.75, 3.05) is 0 Å². The number of nitrogens with two attached hydrogens (primary N) is 1. The molecule has 0 bridgehead atoms. The maximum Gasteiger partial charge on any atom is 0.240 e. The summed E-state index contributed by atoms with van der Waals surface area (Å²) in [5, 5.41) is 1.62. The number of hydrogen-bond donors (Lipinski definition) is 3. The molecular weight excluding hydrogens is 340 g/mol. The summed E-state index contributed by atoms with van der Waals surface area (Å²) in [5.41, 5.74) is 12.4. The fourth-order valence-corrected chi connectivity index (χ4v) is 2.35. The van der Waals surface area contributed by atoms with Crippen LogP contribution in [0.3, 0.4) is 0 Å². The van der Waals surface area contributed by atoms with Crippen molar-refractivity contribution in [2.45, 2.75) is 13.0 Å². The average molecular weight is 361 g/mol. The van der Waals surface area contributed by atoms with Gasteiger partial charge in [-0.1, -0.05) is 35.9 Å². The lowest BCUT2D eigenvalue weighted by Gasteiger charge is -2.17. The molecule has 1 unspecified atom stereocenters. The van der Waals surface area contributed by atoms with Crippen molar-refractivity contribution in [1.82, 2.24) is 15.6 Å². The van der Waals surface area contributed by atoms with Crippen LogP contribution in [0.25, 0.3) is 10.9 Å². The number of carbonyl (C=O) groups excluding carboxylic acids is 1. The van der Waals surface area contributed by atoms with Crippen LogP contribution in [0.2, 0.25) is 0 Å². The van der Waals surface area contributed by atoms with Crippen molar-refractivity contribution in [1.29, 1.82) is 0 Å². The summed E-state index contributed by atoms with van der Waals surface area (Å²) in [4.78, 5) is 17.1. The third-order valence-electron chi connectivity index (χ3n) is 3.59. The van der Waals surface area contributed by atoms with Crippen LogP contribution in [0.5, 0.6) is 5.75 Å². The zero-order valence-electron chi connectivity index (χ0n) is 14.1. The van der Waals surface area contributed by atoms with Crippen LogP contribution in [-0.4, -0.2) is 16.5 Å². The molecular formula is C18H21ClN4O2. The zero-order valence-corrected chi connectivity index (χ0v) is 14.9. The lowest BCUT2D eigenvalue weighted by molar-refractivity contribution is -0.120. The average Bonchev–Trinajstić information content (AvgIpc) is 2.93. The number of fused-ring (bicyclic) bond motifs is 1. The predicted molar refractivity (Wildman–Crippen MR) is 101 cm³/mol. The molecule has 25 heavy (non-hydrogen) atoms. The van der Waals surface area contributed by atoms with Gasteiger partial charge in [-0.2, -0.15) is 0 Å². The Balaban J connectivity index is 2.05. The number of aryl methyl sites for hydroxylation is 1. The van der Waals surface area contributed by atoms with E-state index in [1.54, 1.807) is 19.1 Å². The van der Waals surface area contributed by atoms with Crippen LogP contribution in [-0.2, 0) is 11.8 Å². The number of carbonyl (C=O) groups is 1. The van der Waals surface area contributed by atoms with Gasteiger partial charge in [0.15, 0.2) is 0 Å². The van der Waals surface area contributed by atoms with E-state index in [4.69, 9.17) is 22.2 Å². The van der Waals surface area contributed by atoms with Gasteiger partial charge >= 0.3 is 0 Å². The SMILES string of the molecule is C=C/C(=C\C=C(/C)Cl)C(NNOc1ccc2c(ccn2C)c1)C(N)=O. The second-order valence-corrected chi connectivity index (χ2v) is 6.05. The third kappa shape index (κ3) is 4.96. The summed E-state index contributed by atoms with van der Waals surface area (Å²) in [5.74, 6) is 0.0106. The molecule has 2 rings (SSSR count). The molecule has 0 saturated heterocycles. The number of primary amides is 1. The molecule has 132 valence electrons. The normalized spacial score (nSPS) is 13.7. The predicted octanol–water partition coefficient (Wildman–Crippen LogP) is 2.68. The molecule has 0 radical (unpaired) electrons. The van der Waals surface area contributed by atoms with Crippen LogP contribution in [0.1, 0.15) is 6.92 Å². The molecule has 2 aromatic rings. The lowest BCUT2D eigenvalue weighted by Crippen LogP contribution is -2.50. The Morgan fingerprint density at radius 2 is 2.16 bits per heavy atom. The van der Waals surface area contributed by atoms with E-state index in [0.29, 0.717) is 16.4 Å². The standard InChI is InChI=1S/C18H21ClN4O2/c1-4-13(6-5-12(2)19)17(18(20)24)21-22-25-15-7-8-16-14(11-15)9-10-23(16)3/h4-11,17,21-22H,1H2,2-3H3,(H2,20,24)/b12-5+,13-6+. The number of hydrazine groups is 1. The smallest absolute Gasteiger partial charge is 0.240 e. The number of nitrogens with one attached hydrogen (secondary N) is 2. The molecule has 4 N–H and O–H groups in total. The molecule has 1 aromatic heterocycles. The summed E-state index contributed by atoms with van der Waals surface area (Å²) >= 11 is 5.80. The molecule has 1 heterocycles. The molecule has 0 aliphatic heterocycles. The van der Waals surface area contributed by atoms with E-state index in [1.807, 2.05) is 42.1 Å². The number of rotatable bonds is 8. The van der Waals surface area contributed by atoms with Gasteiger partial charge in [-0.3, -0.25) is 4.79 Å². The second kappa shape index (κ2) is 8.53. The van der Waals surface area contributed by atoms with Crippen molar-refractivity contribution in [2.24, 2.45) is 12.8 Å². The van der Waals surface area contributed by atoms with E-state index in [0.717, 1.165) is 10.9 Å². The van der Waals surface area contributed by atoms with E-state index < -0.39 is 11.9 Å². The van der Waals surface area contributed by atoms with Crippen molar-refractivity contribution >= 4 is 28.4 Å². The number of amides is 1. The van der Waals surface area contributed by atoms with Gasteiger partial charge in [0.2, 0.25) is 5.91 Å². The fourth-order valence-electron chi connectivity index (χ4n) is 2.28. The Bertz CT molecular complexity index is 835. The molecule has 1 aromatic carbocycles. The number of benzene rings is 1. The summed E-state index contributed by atoms with van der Waals surface area (Å²) in [6, 6.07) is 6.81. The Morgan fingerprint density at radius 3 is 2.80 bits per heavy atom. The highest BCUT2D eigenvalue weighted by molar-refractivity contribution is 6.29. The first-order valence-corrected chi connectivity index (χ1v) is 7.98. The zero-order chi connectivity index (χ0) is 18.4. The van der Waals surface area contributed by atoms with E-state index >= 15 is 0 Å². The Labute approximate surface area is 151 Å². The van der Waals surface area contributed by atoms with Crippen molar-refractivity contribution in [3.8, 4) is 5.75 Å². The van der Waals surface area contributed by atoms with Crippen molar-refractivity contribution in [3.63, 3.8) is 0 Å². The topological polar surface area (TPSA) is 81.3 Å². The highest BCUT2D eigenvalue weighted by atomic mass is 35.5. The van der Waals surface area contributed by atoms with Crippen LogP contribution in [0.15, 0.2) is 65.9 Å². The van der Waals surface area contributed by atoms with E-state index in [-0.39, 0.29) is 0 Å². The number of hydrogen-bond acceptors (Lipinski definition) is 4. The molecule has 6 nitrogen and oxygen atoms in total. The molecule has 0 aliphatic rings. The summed E-state index contributed by atoms with van der Waals surface area (Å²) < 4.78 is 2.02. The van der Waals surface area contributed by atoms with Gasteiger partial charge in [-0.25, -0.2) is 5.43 Å². The Kier molecular flexibility index (Phi) is 6.41. The monoisotopic (exact) mass is 360 g/mol. The molecule has 1 amide bonds. The van der Waals surface area contributed by atoms with E-state index in [9.17, 15) is 4.79 Å². The van der Waals surface area contributed by atoms with Crippen LogP contribution in [0.4, 0.5) is 0 Å². The summed E-state index contributed by atoms with van der Waals surface area (Å²) in [6.45, 7) is 5.41. The maximum atomic E-state index is 11.7. The first-order chi connectivity index (χ1) is 11.9. The fraction of sp³-hybridized carbons (Fsp3) is 0.167.